The lowest BCUT2D eigenvalue weighted by Gasteiger charge is -2.18. The van der Waals surface area contributed by atoms with Gasteiger partial charge < -0.3 is 4.74 Å². The quantitative estimate of drug-likeness (QED) is 0.468. The zero-order valence-electron chi connectivity index (χ0n) is 22.4. The average molecular weight is 431 g/mol. The topological polar surface area (TPSA) is 9.23 Å². The third-order valence-electron chi connectivity index (χ3n) is 4.61. The molecular weight excluding hydrogens is 376 g/mol. The Kier molecular flexibility index (Phi) is 33.2. The molecule has 0 atom stereocenters. The molecule has 0 N–H and O–H groups in total. The number of hydrogen-bond acceptors (Lipinski definition) is 1. The van der Waals surface area contributed by atoms with Crippen LogP contribution in [0.5, 0.6) is 5.75 Å². The average Bonchev–Trinajstić information content (AvgIpc) is 2.90. The molecule has 1 heteroatoms. The second-order valence-corrected chi connectivity index (χ2v) is 6.50. The van der Waals surface area contributed by atoms with Crippen LogP contribution in [0.4, 0.5) is 0 Å². The minimum absolute atomic E-state index is 0.740. The number of rotatable bonds is 4. The zero-order valence-corrected chi connectivity index (χ0v) is 22.4. The van der Waals surface area contributed by atoms with Crippen LogP contribution in [-0.2, 0) is 6.42 Å². The summed E-state index contributed by atoms with van der Waals surface area (Å²) in [6, 6.07) is 20.3. The molecule has 2 aromatic rings. The van der Waals surface area contributed by atoms with Gasteiger partial charge in [0.05, 0.1) is 6.61 Å². The molecule has 0 heterocycles. The van der Waals surface area contributed by atoms with Crippen LogP contribution in [0.15, 0.2) is 60.7 Å². The van der Waals surface area contributed by atoms with Gasteiger partial charge in [-0.3, -0.25) is 0 Å². The van der Waals surface area contributed by atoms with Crippen LogP contribution >= 0.6 is 0 Å². The van der Waals surface area contributed by atoms with Gasteiger partial charge in [0.15, 0.2) is 0 Å². The van der Waals surface area contributed by atoms with E-state index in [0.717, 1.165) is 24.7 Å². The fourth-order valence-corrected chi connectivity index (χ4v) is 2.99. The van der Waals surface area contributed by atoms with Gasteiger partial charge in [-0.15, -0.1) is 0 Å². The highest BCUT2D eigenvalue weighted by atomic mass is 16.5. The Morgan fingerprint density at radius 3 is 1.42 bits per heavy atom. The summed E-state index contributed by atoms with van der Waals surface area (Å²) < 4.78 is 5.21. The second-order valence-electron chi connectivity index (χ2n) is 6.50. The SMILES string of the molecule is CC.CC.CC.CCC1CCCCC1.CCOc1ccccc1.CCc1ccccc1. The fourth-order valence-electron chi connectivity index (χ4n) is 2.99. The molecule has 1 fully saturated rings. The van der Waals surface area contributed by atoms with E-state index >= 15 is 0 Å². The lowest BCUT2D eigenvalue weighted by Crippen LogP contribution is -2.03. The number of aryl methyl sites for hydroxylation is 1. The van der Waals surface area contributed by atoms with E-state index in [-0.39, 0.29) is 0 Å². The maximum atomic E-state index is 5.21. The van der Waals surface area contributed by atoms with Crippen molar-refractivity contribution in [2.45, 2.75) is 107 Å². The van der Waals surface area contributed by atoms with E-state index in [9.17, 15) is 0 Å². The molecule has 0 unspecified atom stereocenters. The highest BCUT2D eigenvalue weighted by Crippen LogP contribution is 2.25. The number of hydrogen-bond donors (Lipinski definition) is 0. The van der Waals surface area contributed by atoms with Gasteiger partial charge >= 0.3 is 0 Å². The Balaban J connectivity index is -0.000000338. The smallest absolute Gasteiger partial charge is 0.119 e. The van der Waals surface area contributed by atoms with Crippen molar-refractivity contribution in [1.29, 1.82) is 0 Å². The summed E-state index contributed by atoms with van der Waals surface area (Å²) in [6.07, 6.45) is 10.1. The van der Waals surface area contributed by atoms with Gasteiger partial charge in [0.1, 0.15) is 5.75 Å². The van der Waals surface area contributed by atoms with E-state index in [1.807, 2.05) is 84.9 Å². The van der Waals surface area contributed by atoms with E-state index in [0.29, 0.717) is 0 Å². The minimum atomic E-state index is 0.740. The Labute approximate surface area is 196 Å². The lowest BCUT2D eigenvalue weighted by molar-refractivity contribution is 0.340. The first-order valence-corrected chi connectivity index (χ1v) is 13.0. The molecule has 1 aliphatic carbocycles. The van der Waals surface area contributed by atoms with E-state index in [4.69, 9.17) is 4.74 Å². The summed E-state index contributed by atoms with van der Waals surface area (Å²) in [5, 5.41) is 0. The summed E-state index contributed by atoms with van der Waals surface area (Å²) in [6.45, 7) is 19.2. The predicted octanol–water partition coefficient (Wildman–Crippen LogP) is 10.4. The fraction of sp³-hybridized carbons (Fsp3) is 0.600. The molecule has 0 spiro atoms. The van der Waals surface area contributed by atoms with Crippen LogP contribution in [0.3, 0.4) is 0 Å². The largest absolute Gasteiger partial charge is 0.494 e. The molecule has 1 nitrogen and oxygen atoms in total. The Morgan fingerprint density at radius 2 is 1.10 bits per heavy atom. The molecule has 0 amide bonds. The standard InChI is InChI=1S/C8H10O.C8H16.C8H10.3C2H6/c1-2-9-8-6-4-3-5-7-8;2*1-2-8-6-4-3-5-7-8;3*1-2/h3-7H,2H2,1H3;8H,2-7H2,1H3;3-7H,2H2,1H3;3*1-2H3. The normalized spacial score (nSPS) is 11.6. The van der Waals surface area contributed by atoms with Crippen molar-refractivity contribution >= 4 is 0 Å². The van der Waals surface area contributed by atoms with Crippen LogP contribution in [0, 0.1) is 5.92 Å². The first-order chi connectivity index (χ1) is 15.3. The van der Waals surface area contributed by atoms with Gasteiger partial charge in [-0.1, -0.05) is 142 Å². The number of para-hydroxylation sites is 1. The molecule has 1 saturated carbocycles. The summed E-state index contributed by atoms with van der Waals surface area (Å²) >= 11 is 0. The lowest BCUT2D eigenvalue weighted by atomic mass is 9.88. The highest BCUT2D eigenvalue weighted by molar-refractivity contribution is 5.20. The molecule has 0 bridgehead atoms. The second kappa shape index (κ2) is 30.4. The Morgan fingerprint density at radius 1 is 0.645 bits per heavy atom. The first-order valence-electron chi connectivity index (χ1n) is 13.0. The van der Waals surface area contributed by atoms with Gasteiger partial charge in [0.25, 0.3) is 0 Å². The van der Waals surface area contributed by atoms with E-state index in [2.05, 4.69) is 38.1 Å². The summed E-state index contributed by atoms with van der Waals surface area (Å²) in [5.41, 5.74) is 1.41. The molecule has 31 heavy (non-hydrogen) atoms. The summed E-state index contributed by atoms with van der Waals surface area (Å²) in [7, 11) is 0. The van der Waals surface area contributed by atoms with Crippen LogP contribution < -0.4 is 4.74 Å². The number of ether oxygens (including phenoxy) is 1. The van der Waals surface area contributed by atoms with Crippen molar-refractivity contribution in [3.05, 3.63) is 66.2 Å². The first kappa shape index (κ1) is 33.9. The van der Waals surface area contributed by atoms with Crippen LogP contribution in [0.2, 0.25) is 0 Å². The predicted molar refractivity (Wildman–Crippen MR) is 144 cm³/mol. The Bertz CT molecular complexity index is 500. The molecule has 180 valence electrons. The van der Waals surface area contributed by atoms with Crippen LogP contribution in [0.25, 0.3) is 0 Å². The Hall–Kier alpha value is -1.76. The summed E-state index contributed by atoms with van der Waals surface area (Å²) in [5.74, 6) is 2.03. The molecule has 0 radical (unpaired) electrons. The van der Waals surface area contributed by atoms with Crippen molar-refractivity contribution in [1.82, 2.24) is 0 Å². The van der Waals surface area contributed by atoms with E-state index in [1.54, 1.807) is 0 Å². The maximum absolute atomic E-state index is 5.21. The third kappa shape index (κ3) is 22.7. The van der Waals surface area contributed by atoms with E-state index in [1.165, 1.54) is 44.1 Å². The van der Waals surface area contributed by atoms with Crippen molar-refractivity contribution in [2.24, 2.45) is 5.92 Å². The molecule has 0 saturated heterocycles. The molecule has 2 aromatic carbocycles. The molecule has 0 aliphatic heterocycles. The highest BCUT2D eigenvalue weighted by Gasteiger charge is 2.09. The molecule has 3 rings (SSSR count). The zero-order chi connectivity index (χ0) is 24.2. The van der Waals surface area contributed by atoms with Crippen LogP contribution in [-0.4, -0.2) is 6.61 Å². The molecule has 1 aliphatic rings. The van der Waals surface area contributed by atoms with Gasteiger partial charge in [-0.2, -0.15) is 0 Å². The van der Waals surface area contributed by atoms with Gasteiger partial charge in [0, 0.05) is 0 Å². The van der Waals surface area contributed by atoms with Crippen molar-refractivity contribution in [3.63, 3.8) is 0 Å². The molecular formula is C30H54O. The monoisotopic (exact) mass is 430 g/mol. The van der Waals surface area contributed by atoms with Crippen molar-refractivity contribution in [3.8, 4) is 5.75 Å². The molecule has 0 aromatic heterocycles. The van der Waals surface area contributed by atoms with Crippen molar-refractivity contribution in [2.75, 3.05) is 6.61 Å². The van der Waals surface area contributed by atoms with Gasteiger partial charge in [0.2, 0.25) is 0 Å². The maximum Gasteiger partial charge on any atom is 0.119 e. The van der Waals surface area contributed by atoms with Crippen LogP contribution in [0.1, 0.15) is 106 Å². The third-order valence-corrected chi connectivity index (χ3v) is 4.61. The minimum Gasteiger partial charge on any atom is -0.494 e. The number of benzene rings is 2. The summed E-state index contributed by atoms with van der Waals surface area (Å²) in [4.78, 5) is 0. The van der Waals surface area contributed by atoms with Gasteiger partial charge in [-0.05, 0) is 37.0 Å². The van der Waals surface area contributed by atoms with Crippen molar-refractivity contribution < 1.29 is 4.74 Å². The van der Waals surface area contributed by atoms with Gasteiger partial charge in [-0.25, -0.2) is 0 Å². The van der Waals surface area contributed by atoms with E-state index < -0.39 is 0 Å².